The van der Waals surface area contributed by atoms with Crippen molar-refractivity contribution in [3.63, 3.8) is 0 Å². The van der Waals surface area contributed by atoms with Gasteiger partial charge in [-0.15, -0.1) is 5.10 Å². The van der Waals surface area contributed by atoms with Crippen LogP contribution in [-0.2, 0) is 16.1 Å². The number of hydrogen-bond donors (Lipinski definition) is 3. The van der Waals surface area contributed by atoms with E-state index in [2.05, 4.69) is 25.5 Å². The van der Waals surface area contributed by atoms with Gasteiger partial charge in [-0.25, -0.2) is 4.98 Å². The average Bonchev–Trinajstić information content (AvgIpc) is 3.51. The summed E-state index contributed by atoms with van der Waals surface area (Å²) in [6.07, 6.45) is 3.03. The molecule has 0 bridgehead atoms. The summed E-state index contributed by atoms with van der Waals surface area (Å²) in [5.41, 5.74) is 3.09. The summed E-state index contributed by atoms with van der Waals surface area (Å²) >= 11 is 1.08. The lowest BCUT2D eigenvalue weighted by molar-refractivity contribution is -0.133. The van der Waals surface area contributed by atoms with Crippen LogP contribution in [0.3, 0.4) is 0 Å². The molecule has 1 aromatic heterocycles. The summed E-state index contributed by atoms with van der Waals surface area (Å²) in [7, 11) is 1.72. The van der Waals surface area contributed by atoms with Crippen molar-refractivity contribution >= 4 is 29.8 Å². The maximum absolute atomic E-state index is 10.7. The van der Waals surface area contributed by atoms with Crippen LogP contribution in [-0.4, -0.2) is 45.4 Å². The zero-order valence-corrected chi connectivity index (χ0v) is 18.9. The van der Waals surface area contributed by atoms with E-state index in [-0.39, 0.29) is 18.0 Å². The van der Waals surface area contributed by atoms with E-state index in [0.29, 0.717) is 17.6 Å². The van der Waals surface area contributed by atoms with Gasteiger partial charge < -0.3 is 19.9 Å². The third kappa shape index (κ3) is 6.33. The van der Waals surface area contributed by atoms with Gasteiger partial charge in [-0.05, 0) is 48.2 Å². The fourth-order valence-electron chi connectivity index (χ4n) is 3.48. The van der Waals surface area contributed by atoms with Crippen LogP contribution in [0.15, 0.2) is 58.7 Å². The van der Waals surface area contributed by atoms with Crippen LogP contribution in [0.4, 0.5) is 5.69 Å². The Morgan fingerprint density at radius 2 is 2.12 bits per heavy atom. The van der Waals surface area contributed by atoms with E-state index in [9.17, 15) is 4.79 Å². The summed E-state index contributed by atoms with van der Waals surface area (Å²) in [4.78, 5) is 19.0. The molecule has 0 amide bonds. The molecular formula is C23H25N5O4S. The molecule has 1 aliphatic heterocycles. The summed E-state index contributed by atoms with van der Waals surface area (Å²) in [6, 6.07) is 15.9. The van der Waals surface area contributed by atoms with Crippen molar-refractivity contribution in [3.05, 3.63) is 65.5 Å². The maximum Gasteiger partial charge on any atom is 0.313 e. The Morgan fingerprint density at radius 3 is 2.91 bits per heavy atom. The van der Waals surface area contributed by atoms with Crippen molar-refractivity contribution in [2.45, 2.75) is 36.8 Å². The number of carboxylic acids is 1. The Labute approximate surface area is 195 Å². The minimum absolute atomic E-state index is 0.0654. The Hall–Kier alpha value is -3.37. The molecule has 1 aliphatic rings. The molecule has 0 spiro atoms. The lowest BCUT2D eigenvalue weighted by Crippen LogP contribution is -2.02. The number of thioether (sulfide) groups is 1. The third-order valence-corrected chi connectivity index (χ3v) is 5.91. The number of H-pyrrole nitrogens is 1. The number of aliphatic imine (C=N–C) groups is 1. The summed E-state index contributed by atoms with van der Waals surface area (Å²) in [6.45, 7) is 0.467. The number of hydrogen-bond acceptors (Lipinski definition) is 7. The first-order valence-electron chi connectivity index (χ1n) is 10.5. The monoisotopic (exact) mass is 467 g/mol. The molecule has 0 radical (unpaired) electrons. The molecule has 0 saturated carbocycles. The Balaban J connectivity index is 1.32. The average molecular weight is 468 g/mol. The molecule has 3 N–H and O–H groups in total. The van der Waals surface area contributed by atoms with Crippen molar-refractivity contribution in [2.24, 2.45) is 4.99 Å². The van der Waals surface area contributed by atoms with Gasteiger partial charge in [0.25, 0.3) is 0 Å². The molecule has 2 aromatic carbocycles. The SMILES string of the molecule is CN=CNc1ccc(COc2cccc(C3CCC(c4nc(SCC(=O)O)n[nH]4)O3)c2)cc1. The number of aliphatic carboxylic acids is 1. The molecule has 9 nitrogen and oxygen atoms in total. The Kier molecular flexibility index (Phi) is 7.59. The quantitative estimate of drug-likeness (QED) is 0.230. The van der Waals surface area contributed by atoms with E-state index in [1.807, 2.05) is 48.5 Å². The van der Waals surface area contributed by atoms with E-state index in [0.717, 1.165) is 47.2 Å². The molecule has 172 valence electrons. The largest absolute Gasteiger partial charge is 0.489 e. The van der Waals surface area contributed by atoms with Crippen molar-refractivity contribution in [1.82, 2.24) is 15.2 Å². The summed E-state index contributed by atoms with van der Waals surface area (Å²) in [5.74, 6) is 0.432. The molecule has 1 fully saturated rings. The topological polar surface area (TPSA) is 122 Å². The lowest BCUT2D eigenvalue weighted by atomic mass is 10.1. The number of nitrogens with zero attached hydrogens (tertiary/aromatic N) is 3. The van der Waals surface area contributed by atoms with Crippen molar-refractivity contribution in [3.8, 4) is 5.75 Å². The molecule has 33 heavy (non-hydrogen) atoms. The second-order valence-electron chi connectivity index (χ2n) is 7.47. The zero-order chi connectivity index (χ0) is 23.0. The second-order valence-corrected chi connectivity index (χ2v) is 8.41. The molecule has 2 heterocycles. The van der Waals surface area contributed by atoms with Crippen LogP contribution < -0.4 is 10.1 Å². The standard InChI is InChI=1S/C23H25N5O4S/c1-24-14-25-17-7-5-15(6-8-17)12-31-18-4-2-3-16(11-18)19-9-10-20(32-19)22-26-23(28-27-22)33-13-21(29)30/h2-8,11,14,19-20H,9-10,12-13H2,1H3,(H,24,25)(H,29,30)(H,26,27,28). The summed E-state index contributed by atoms with van der Waals surface area (Å²) in [5, 5.41) is 19.2. The van der Waals surface area contributed by atoms with Crippen LogP contribution in [0.2, 0.25) is 0 Å². The van der Waals surface area contributed by atoms with Crippen molar-refractivity contribution in [2.75, 3.05) is 18.1 Å². The van der Waals surface area contributed by atoms with Gasteiger partial charge in [0, 0.05) is 12.7 Å². The number of anilines is 1. The molecule has 1 saturated heterocycles. The molecular weight excluding hydrogens is 442 g/mol. The van der Waals surface area contributed by atoms with Gasteiger partial charge in [0.1, 0.15) is 18.5 Å². The van der Waals surface area contributed by atoms with Gasteiger partial charge in [-0.3, -0.25) is 14.9 Å². The number of benzene rings is 2. The first-order valence-corrected chi connectivity index (χ1v) is 11.5. The van der Waals surface area contributed by atoms with E-state index < -0.39 is 5.97 Å². The smallest absolute Gasteiger partial charge is 0.313 e. The van der Waals surface area contributed by atoms with Crippen LogP contribution >= 0.6 is 11.8 Å². The first-order chi connectivity index (χ1) is 16.1. The van der Waals surface area contributed by atoms with Gasteiger partial charge in [0.15, 0.2) is 5.82 Å². The van der Waals surface area contributed by atoms with Gasteiger partial charge >= 0.3 is 5.97 Å². The highest BCUT2D eigenvalue weighted by atomic mass is 32.2. The van der Waals surface area contributed by atoms with Gasteiger partial charge in [-0.2, -0.15) is 0 Å². The van der Waals surface area contributed by atoms with Crippen molar-refractivity contribution < 1.29 is 19.4 Å². The van der Waals surface area contributed by atoms with E-state index in [1.54, 1.807) is 13.4 Å². The Morgan fingerprint density at radius 1 is 1.30 bits per heavy atom. The summed E-state index contributed by atoms with van der Waals surface area (Å²) < 4.78 is 12.2. The number of aromatic amines is 1. The second kappa shape index (κ2) is 11.0. The number of ether oxygens (including phenoxy) is 2. The highest BCUT2D eigenvalue weighted by Crippen LogP contribution is 2.40. The fourth-order valence-corrected chi connectivity index (χ4v) is 4.01. The number of carbonyl (C=O) groups is 1. The van der Waals surface area contributed by atoms with Gasteiger partial charge in [0.05, 0.1) is 18.2 Å². The highest BCUT2D eigenvalue weighted by Gasteiger charge is 2.30. The van der Waals surface area contributed by atoms with Crippen LogP contribution in [0.25, 0.3) is 0 Å². The van der Waals surface area contributed by atoms with Crippen molar-refractivity contribution in [1.29, 1.82) is 0 Å². The predicted octanol–water partition coefficient (Wildman–Crippen LogP) is 4.22. The first kappa shape index (κ1) is 22.8. The number of rotatable bonds is 10. The normalized spacial score (nSPS) is 18.0. The van der Waals surface area contributed by atoms with Crippen LogP contribution in [0.1, 0.15) is 42.0 Å². The maximum atomic E-state index is 10.7. The fraction of sp³-hybridized carbons (Fsp3) is 0.304. The minimum Gasteiger partial charge on any atom is -0.489 e. The molecule has 3 aromatic rings. The highest BCUT2D eigenvalue weighted by molar-refractivity contribution is 7.99. The van der Waals surface area contributed by atoms with Crippen LogP contribution in [0.5, 0.6) is 5.75 Å². The number of aromatic nitrogens is 3. The van der Waals surface area contributed by atoms with Gasteiger partial charge in [-0.1, -0.05) is 36.0 Å². The van der Waals surface area contributed by atoms with Crippen LogP contribution in [0, 0.1) is 0 Å². The third-order valence-electron chi connectivity index (χ3n) is 5.08. The molecule has 2 unspecified atom stereocenters. The minimum atomic E-state index is -0.901. The zero-order valence-electron chi connectivity index (χ0n) is 18.1. The molecule has 2 atom stereocenters. The molecule has 0 aliphatic carbocycles. The van der Waals surface area contributed by atoms with E-state index >= 15 is 0 Å². The van der Waals surface area contributed by atoms with Gasteiger partial charge in [0.2, 0.25) is 5.16 Å². The molecule has 4 rings (SSSR count). The number of nitrogens with one attached hydrogen (secondary N) is 2. The number of carboxylic acid groups (broad SMARTS) is 1. The lowest BCUT2D eigenvalue weighted by Gasteiger charge is -2.14. The van der Waals surface area contributed by atoms with E-state index in [4.69, 9.17) is 14.6 Å². The predicted molar refractivity (Wildman–Crippen MR) is 126 cm³/mol. The Bertz CT molecular complexity index is 1100. The van der Waals surface area contributed by atoms with E-state index in [1.165, 1.54) is 0 Å². The molecule has 10 heteroatoms.